The molecule has 2 heterocycles. The molecule has 0 radical (unpaired) electrons. The maximum absolute atomic E-state index is 11.5. The predicted molar refractivity (Wildman–Crippen MR) is 60.3 cm³/mol. The third kappa shape index (κ3) is 2.01. The highest BCUT2D eigenvalue weighted by molar-refractivity contribution is 6.29. The van der Waals surface area contributed by atoms with Gasteiger partial charge in [0, 0.05) is 13.0 Å². The Balaban J connectivity index is 2.34. The number of halogens is 2. The predicted octanol–water partition coefficient (Wildman–Crippen LogP) is 1.66. The lowest BCUT2D eigenvalue weighted by Gasteiger charge is -2.17. The van der Waals surface area contributed by atoms with Gasteiger partial charge in [0.05, 0.1) is 11.1 Å². The van der Waals surface area contributed by atoms with Crippen molar-refractivity contribution in [2.24, 2.45) is 0 Å². The highest BCUT2D eigenvalue weighted by atomic mass is 35.5. The van der Waals surface area contributed by atoms with E-state index in [0.717, 1.165) is 0 Å². The molecule has 0 aliphatic carbocycles. The van der Waals surface area contributed by atoms with Crippen molar-refractivity contribution in [3.05, 3.63) is 17.3 Å². The third-order valence-corrected chi connectivity index (χ3v) is 2.74. The minimum absolute atomic E-state index is 0.0363. The van der Waals surface area contributed by atoms with Gasteiger partial charge in [-0.05, 0) is 12.1 Å². The quantitative estimate of drug-likeness (QED) is 0.605. The topological polar surface area (TPSA) is 59.2 Å². The first-order valence-electron chi connectivity index (χ1n) is 4.44. The van der Waals surface area contributed by atoms with E-state index in [1.54, 1.807) is 12.1 Å². The molecule has 4 nitrogen and oxygen atoms in total. The number of pyridine rings is 1. The summed E-state index contributed by atoms with van der Waals surface area (Å²) < 4.78 is 0. The minimum atomic E-state index is -0.160. The molecule has 0 spiro atoms. The molecule has 1 atom stereocenters. The fourth-order valence-corrected chi connectivity index (χ4v) is 1.99. The van der Waals surface area contributed by atoms with Crippen LogP contribution in [0.2, 0.25) is 5.15 Å². The second kappa shape index (κ2) is 3.87. The molecule has 1 unspecified atom stereocenters. The van der Waals surface area contributed by atoms with Crippen molar-refractivity contribution >= 4 is 40.6 Å². The lowest BCUT2D eigenvalue weighted by atomic mass is 10.3. The lowest BCUT2D eigenvalue weighted by molar-refractivity contribution is -0.117. The Kier molecular flexibility index (Phi) is 2.71. The number of amides is 1. The number of hydrogen-bond donors (Lipinski definition) is 1. The molecule has 1 aliphatic heterocycles. The molecule has 0 aromatic carbocycles. The average Bonchev–Trinajstić information content (AvgIpc) is 2.45. The Morgan fingerprint density at radius 2 is 2.27 bits per heavy atom. The van der Waals surface area contributed by atoms with Gasteiger partial charge in [0.1, 0.15) is 11.0 Å². The lowest BCUT2D eigenvalue weighted by Crippen LogP contribution is -2.25. The molecule has 1 aromatic heterocycles. The molecule has 2 N–H and O–H groups in total. The number of carbonyl (C=O) groups is 1. The van der Waals surface area contributed by atoms with Crippen molar-refractivity contribution in [3.63, 3.8) is 0 Å². The average molecular weight is 246 g/mol. The van der Waals surface area contributed by atoms with Crippen LogP contribution < -0.4 is 10.6 Å². The summed E-state index contributed by atoms with van der Waals surface area (Å²) in [6, 6.07) is 3.28. The zero-order chi connectivity index (χ0) is 11.0. The number of nitrogen functional groups attached to an aromatic ring is 1. The van der Waals surface area contributed by atoms with Gasteiger partial charge in [0.2, 0.25) is 5.91 Å². The molecule has 1 amide bonds. The first-order chi connectivity index (χ1) is 7.08. The van der Waals surface area contributed by atoms with Crippen molar-refractivity contribution in [3.8, 4) is 0 Å². The Morgan fingerprint density at radius 3 is 2.80 bits per heavy atom. The molecular formula is C9H9Cl2N3O. The van der Waals surface area contributed by atoms with Gasteiger partial charge < -0.3 is 10.6 Å². The van der Waals surface area contributed by atoms with E-state index >= 15 is 0 Å². The molecule has 2 rings (SSSR count). The van der Waals surface area contributed by atoms with Gasteiger partial charge in [0.25, 0.3) is 0 Å². The van der Waals surface area contributed by atoms with Gasteiger partial charge in [-0.1, -0.05) is 11.6 Å². The van der Waals surface area contributed by atoms with Gasteiger partial charge in [-0.3, -0.25) is 4.79 Å². The summed E-state index contributed by atoms with van der Waals surface area (Å²) in [5.41, 5.74) is 6.25. The van der Waals surface area contributed by atoms with E-state index in [4.69, 9.17) is 28.9 Å². The monoisotopic (exact) mass is 245 g/mol. The maximum atomic E-state index is 11.5. The van der Waals surface area contributed by atoms with E-state index in [9.17, 15) is 4.79 Å². The Hall–Kier alpha value is -1.00. The zero-order valence-electron chi connectivity index (χ0n) is 7.78. The van der Waals surface area contributed by atoms with Crippen LogP contribution in [0.3, 0.4) is 0 Å². The Morgan fingerprint density at radius 1 is 1.53 bits per heavy atom. The third-order valence-electron chi connectivity index (χ3n) is 2.24. The number of rotatable bonds is 1. The normalized spacial score (nSPS) is 21.1. The molecule has 1 saturated heterocycles. The van der Waals surface area contributed by atoms with Crippen LogP contribution in [0.25, 0.3) is 0 Å². The number of nitrogens with zero attached hydrogens (tertiary/aromatic N) is 2. The number of aromatic nitrogens is 1. The van der Waals surface area contributed by atoms with E-state index in [1.165, 1.54) is 4.90 Å². The van der Waals surface area contributed by atoms with E-state index in [2.05, 4.69) is 4.98 Å². The summed E-state index contributed by atoms with van der Waals surface area (Å²) in [5.74, 6) is 0.215. The summed E-state index contributed by atoms with van der Waals surface area (Å²) in [5, 5.41) is 0.151. The van der Waals surface area contributed by atoms with Crippen LogP contribution in [0, 0.1) is 0 Å². The number of anilines is 2. The molecule has 0 saturated carbocycles. The Bertz CT molecular complexity index is 410. The summed E-state index contributed by atoms with van der Waals surface area (Å²) in [7, 11) is 0. The fraction of sp³-hybridized carbons (Fsp3) is 0.333. The molecular weight excluding hydrogens is 237 g/mol. The zero-order valence-corrected chi connectivity index (χ0v) is 9.29. The van der Waals surface area contributed by atoms with E-state index in [-0.39, 0.29) is 17.1 Å². The molecule has 1 aromatic rings. The second-order valence-corrected chi connectivity index (χ2v) is 4.35. The van der Waals surface area contributed by atoms with Gasteiger partial charge in [0.15, 0.2) is 0 Å². The Labute approximate surface area is 97.0 Å². The van der Waals surface area contributed by atoms with Gasteiger partial charge in [-0.2, -0.15) is 0 Å². The SMILES string of the molecule is Nc1nc(Cl)ccc1N1CC(Cl)CC1=O. The maximum Gasteiger partial charge on any atom is 0.228 e. The summed E-state index contributed by atoms with van der Waals surface area (Å²) in [6.45, 7) is 0.466. The highest BCUT2D eigenvalue weighted by Gasteiger charge is 2.30. The van der Waals surface area contributed by atoms with Crippen molar-refractivity contribution in [2.45, 2.75) is 11.8 Å². The molecule has 6 heteroatoms. The van der Waals surface area contributed by atoms with Crippen LogP contribution in [0.5, 0.6) is 0 Å². The van der Waals surface area contributed by atoms with E-state index < -0.39 is 0 Å². The van der Waals surface area contributed by atoms with Crippen molar-refractivity contribution in [2.75, 3.05) is 17.2 Å². The number of alkyl halides is 1. The molecule has 1 fully saturated rings. The van der Waals surface area contributed by atoms with E-state index in [0.29, 0.717) is 23.8 Å². The standard InChI is InChI=1S/C9H9Cl2N3O/c10-5-3-8(15)14(4-5)6-1-2-7(11)13-9(6)12/h1-2,5H,3-4H2,(H2,12,13). The number of hydrogen-bond acceptors (Lipinski definition) is 3. The molecule has 0 bridgehead atoms. The summed E-state index contributed by atoms with van der Waals surface area (Å²) >= 11 is 11.6. The van der Waals surface area contributed by atoms with Crippen molar-refractivity contribution < 1.29 is 4.79 Å². The summed E-state index contributed by atoms with van der Waals surface area (Å²) in [6.07, 6.45) is 0.337. The van der Waals surface area contributed by atoms with Crippen LogP contribution in [0.4, 0.5) is 11.5 Å². The fourth-order valence-electron chi connectivity index (χ4n) is 1.57. The summed E-state index contributed by atoms with van der Waals surface area (Å²) in [4.78, 5) is 17.0. The van der Waals surface area contributed by atoms with Gasteiger partial charge >= 0.3 is 0 Å². The first-order valence-corrected chi connectivity index (χ1v) is 5.26. The molecule has 1 aliphatic rings. The van der Waals surface area contributed by atoms with Crippen LogP contribution in [0.1, 0.15) is 6.42 Å². The highest BCUT2D eigenvalue weighted by Crippen LogP contribution is 2.28. The van der Waals surface area contributed by atoms with Crippen LogP contribution in [-0.4, -0.2) is 22.8 Å². The van der Waals surface area contributed by atoms with Crippen LogP contribution >= 0.6 is 23.2 Å². The first kappa shape index (κ1) is 10.5. The van der Waals surface area contributed by atoms with Crippen molar-refractivity contribution in [1.82, 2.24) is 4.98 Å². The second-order valence-electron chi connectivity index (χ2n) is 3.34. The number of nitrogens with two attached hydrogens (primary N) is 1. The van der Waals surface area contributed by atoms with Crippen molar-refractivity contribution in [1.29, 1.82) is 0 Å². The van der Waals surface area contributed by atoms with E-state index in [1.807, 2.05) is 0 Å². The largest absolute Gasteiger partial charge is 0.382 e. The molecule has 80 valence electrons. The van der Waals surface area contributed by atoms with Gasteiger partial charge in [-0.25, -0.2) is 4.98 Å². The van der Waals surface area contributed by atoms with Crippen LogP contribution in [-0.2, 0) is 4.79 Å². The van der Waals surface area contributed by atoms with Gasteiger partial charge in [-0.15, -0.1) is 11.6 Å². The minimum Gasteiger partial charge on any atom is -0.382 e. The molecule has 15 heavy (non-hydrogen) atoms. The number of carbonyl (C=O) groups excluding carboxylic acids is 1. The van der Waals surface area contributed by atoms with Crippen LogP contribution in [0.15, 0.2) is 12.1 Å². The smallest absolute Gasteiger partial charge is 0.228 e.